The lowest BCUT2D eigenvalue weighted by Gasteiger charge is -1.93. The molecule has 0 aliphatic heterocycles. The third kappa shape index (κ3) is 8.92. The molecule has 0 unspecified atom stereocenters. The Hall–Kier alpha value is -1.08. The summed E-state index contributed by atoms with van der Waals surface area (Å²) in [5, 5.41) is 0. The molecule has 0 atom stereocenters. The van der Waals surface area contributed by atoms with E-state index in [9.17, 15) is 9.59 Å². The van der Waals surface area contributed by atoms with Crippen LogP contribution in [0.1, 0.15) is 32.1 Å². The molecule has 0 saturated carbocycles. The second-order valence-electron chi connectivity index (χ2n) is 2.39. The molecule has 0 radical (unpaired) electrons. The van der Waals surface area contributed by atoms with E-state index in [-0.39, 0.29) is 5.91 Å². The van der Waals surface area contributed by atoms with Crippen LogP contribution in [0.4, 0.5) is 0 Å². The van der Waals surface area contributed by atoms with Crippen molar-refractivity contribution >= 4 is 11.8 Å². The largest absolute Gasteiger partial charge is 0.370 e. The van der Waals surface area contributed by atoms with E-state index in [0.29, 0.717) is 6.42 Å². The van der Waals surface area contributed by atoms with Gasteiger partial charge in [-0.05, 0) is 25.3 Å². The lowest BCUT2D eigenvalue weighted by molar-refractivity contribution is -0.118. The summed E-state index contributed by atoms with van der Waals surface area (Å²) in [4.78, 5) is 19.9. The highest BCUT2D eigenvalue weighted by molar-refractivity contribution is 5.73. The minimum Gasteiger partial charge on any atom is -0.370 e. The van der Waals surface area contributed by atoms with Crippen LogP contribution in [0.25, 0.3) is 0 Å². The molecule has 0 bridgehead atoms. The average molecular weight is 155 g/mol. The molecule has 0 heterocycles. The van der Waals surface area contributed by atoms with Crippen molar-refractivity contribution in [1.29, 1.82) is 0 Å². The van der Waals surface area contributed by atoms with E-state index in [1.165, 1.54) is 6.08 Å². The molecule has 2 N–H and O–H groups in total. The molecule has 1 amide bonds. The minimum absolute atomic E-state index is 0.254. The fourth-order valence-electron chi connectivity index (χ4n) is 0.781. The lowest BCUT2D eigenvalue weighted by Crippen LogP contribution is -2.09. The van der Waals surface area contributed by atoms with E-state index < -0.39 is 0 Å². The van der Waals surface area contributed by atoms with Crippen molar-refractivity contribution in [3.63, 3.8) is 0 Å². The first-order chi connectivity index (χ1) is 5.27. The zero-order valence-corrected chi connectivity index (χ0v) is 6.51. The van der Waals surface area contributed by atoms with Crippen LogP contribution in [-0.4, -0.2) is 11.8 Å². The van der Waals surface area contributed by atoms with Crippen LogP contribution in [0.2, 0.25) is 0 Å². The van der Waals surface area contributed by atoms with Crippen LogP contribution in [0.5, 0.6) is 0 Å². The third-order valence-corrected chi connectivity index (χ3v) is 1.35. The number of rotatable bonds is 6. The molecule has 0 aromatic carbocycles. The standard InChI is InChI=1S/C8H13NO2/c9-8(11)6-4-2-1-3-5-7-10/h5H,1-4,6H2,(H2,9,11). The fraction of sp³-hybridized carbons (Fsp3) is 0.625. The zero-order chi connectivity index (χ0) is 8.53. The van der Waals surface area contributed by atoms with E-state index in [4.69, 9.17) is 5.73 Å². The Morgan fingerprint density at radius 3 is 2.64 bits per heavy atom. The number of amides is 1. The number of carbonyl (C=O) groups excluding carboxylic acids is 2. The van der Waals surface area contributed by atoms with Crippen molar-refractivity contribution in [2.45, 2.75) is 32.1 Å². The summed E-state index contributed by atoms with van der Waals surface area (Å²) in [7, 11) is 0. The Kier molecular flexibility index (Phi) is 6.34. The number of nitrogens with two attached hydrogens (primary N) is 1. The lowest BCUT2D eigenvalue weighted by atomic mass is 10.1. The minimum atomic E-state index is -0.254. The van der Waals surface area contributed by atoms with Gasteiger partial charge in [-0.2, -0.15) is 0 Å². The maximum atomic E-state index is 10.2. The number of hydrogen-bond donors (Lipinski definition) is 1. The highest BCUT2D eigenvalue weighted by Gasteiger charge is 1.92. The van der Waals surface area contributed by atoms with E-state index in [1.807, 2.05) is 0 Å². The van der Waals surface area contributed by atoms with E-state index in [1.54, 1.807) is 5.94 Å². The maximum absolute atomic E-state index is 10.2. The summed E-state index contributed by atoms with van der Waals surface area (Å²) in [5.41, 5.74) is 4.92. The first kappa shape index (κ1) is 9.92. The molecule has 0 rings (SSSR count). The third-order valence-electron chi connectivity index (χ3n) is 1.35. The molecule has 3 heteroatoms. The maximum Gasteiger partial charge on any atom is 0.217 e. The van der Waals surface area contributed by atoms with E-state index in [0.717, 1.165) is 25.7 Å². The van der Waals surface area contributed by atoms with Gasteiger partial charge in [-0.15, -0.1) is 0 Å². The van der Waals surface area contributed by atoms with Crippen LogP contribution in [-0.2, 0) is 9.59 Å². The normalized spacial score (nSPS) is 8.73. The summed E-state index contributed by atoms with van der Waals surface area (Å²) < 4.78 is 0. The molecule has 0 spiro atoms. The van der Waals surface area contributed by atoms with Gasteiger partial charge < -0.3 is 5.73 Å². The molecule has 62 valence electrons. The highest BCUT2D eigenvalue weighted by Crippen LogP contribution is 2.01. The quantitative estimate of drug-likeness (QED) is 0.455. The molecule has 0 aromatic rings. The molecular weight excluding hydrogens is 142 g/mol. The molecule has 11 heavy (non-hydrogen) atoms. The van der Waals surface area contributed by atoms with Crippen molar-refractivity contribution in [3.05, 3.63) is 6.08 Å². The molecule has 0 saturated heterocycles. The van der Waals surface area contributed by atoms with E-state index >= 15 is 0 Å². The second kappa shape index (κ2) is 7.03. The Morgan fingerprint density at radius 2 is 2.09 bits per heavy atom. The predicted molar refractivity (Wildman–Crippen MR) is 42.5 cm³/mol. The second-order valence-corrected chi connectivity index (χ2v) is 2.39. The highest BCUT2D eigenvalue weighted by atomic mass is 16.1. The van der Waals surface area contributed by atoms with Crippen LogP contribution in [0.15, 0.2) is 6.08 Å². The topological polar surface area (TPSA) is 60.2 Å². The average Bonchev–Trinajstić information content (AvgIpc) is 1.96. The summed E-state index contributed by atoms with van der Waals surface area (Å²) in [5.74, 6) is 1.45. The van der Waals surface area contributed by atoms with Crippen molar-refractivity contribution < 1.29 is 9.59 Å². The number of unbranched alkanes of at least 4 members (excludes halogenated alkanes) is 3. The molecule has 0 aliphatic rings. The zero-order valence-electron chi connectivity index (χ0n) is 6.51. The monoisotopic (exact) mass is 155 g/mol. The van der Waals surface area contributed by atoms with E-state index in [2.05, 4.69) is 0 Å². The van der Waals surface area contributed by atoms with Crippen LogP contribution in [0.3, 0.4) is 0 Å². The van der Waals surface area contributed by atoms with Gasteiger partial charge in [0, 0.05) is 6.42 Å². The molecule has 0 fully saturated rings. The molecule has 3 nitrogen and oxygen atoms in total. The first-order valence-corrected chi connectivity index (χ1v) is 3.75. The van der Waals surface area contributed by atoms with Crippen molar-refractivity contribution in [2.24, 2.45) is 5.73 Å². The van der Waals surface area contributed by atoms with Crippen LogP contribution in [0, 0.1) is 0 Å². The number of carbonyl (C=O) groups is 1. The Labute approximate surface area is 66.3 Å². The molecular formula is C8H13NO2. The van der Waals surface area contributed by atoms with Crippen LogP contribution >= 0.6 is 0 Å². The van der Waals surface area contributed by atoms with Gasteiger partial charge in [0.2, 0.25) is 5.91 Å². The number of allylic oxidation sites excluding steroid dienone is 1. The van der Waals surface area contributed by atoms with Crippen molar-refractivity contribution in [1.82, 2.24) is 0 Å². The van der Waals surface area contributed by atoms with Gasteiger partial charge >= 0.3 is 0 Å². The van der Waals surface area contributed by atoms with Gasteiger partial charge in [0.15, 0.2) is 0 Å². The Balaban J connectivity index is 3.02. The molecule has 0 aromatic heterocycles. The predicted octanol–water partition coefficient (Wildman–Crippen LogP) is 0.810. The Morgan fingerprint density at radius 1 is 1.36 bits per heavy atom. The summed E-state index contributed by atoms with van der Waals surface area (Å²) >= 11 is 0. The van der Waals surface area contributed by atoms with Crippen LogP contribution < -0.4 is 5.73 Å². The smallest absolute Gasteiger partial charge is 0.217 e. The van der Waals surface area contributed by atoms with Gasteiger partial charge in [-0.1, -0.05) is 6.42 Å². The van der Waals surface area contributed by atoms with Gasteiger partial charge in [0.25, 0.3) is 0 Å². The van der Waals surface area contributed by atoms with Gasteiger partial charge in [0.1, 0.15) is 5.94 Å². The van der Waals surface area contributed by atoms with Gasteiger partial charge in [-0.25, -0.2) is 4.79 Å². The number of hydrogen-bond acceptors (Lipinski definition) is 2. The summed E-state index contributed by atoms with van der Waals surface area (Å²) in [6.45, 7) is 0. The number of primary amides is 1. The first-order valence-electron chi connectivity index (χ1n) is 3.75. The fourth-order valence-corrected chi connectivity index (χ4v) is 0.781. The summed E-state index contributed by atoms with van der Waals surface area (Å²) in [6, 6.07) is 0. The van der Waals surface area contributed by atoms with Gasteiger partial charge in [-0.3, -0.25) is 4.79 Å². The molecule has 0 aliphatic carbocycles. The SMILES string of the molecule is NC(=O)CCCCCC=C=O. The Bertz CT molecular complexity index is 155. The van der Waals surface area contributed by atoms with Crippen molar-refractivity contribution in [2.75, 3.05) is 0 Å². The summed E-state index contributed by atoms with van der Waals surface area (Å²) in [6.07, 6.45) is 5.36. The van der Waals surface area contributed by atoms with Crippen molar-refractivity contribution in [3.8, 4) is 0 Å². The van der Waals surface area contributed by atoms with Gasteiger partial charge in [0.05, 0.1) is 0 Å².